The molecule has 0 N–H and O–H groups in total. The topological polar surface area (TPSA) is 46.6 Å². The zero-order valence-corrected chi connectivity index (χ0v) is 11.8. The monoisotopic (exact) mass is 291 g/mol. The van der Waals surface area contributed by atoms with Gasteiger partial charge in [0.1, 0.15) is 11.4 Å². The largest absolute Gasteiger partial charge is 0.367 e. The van der Waals surface area contributed by atoms with Crippen LogP contribution in [0.4, 0.5) is 4.39 Å². The maximum Gasteiger partial charge on any atom is 0.227 e. The third-order valence-electron chi connectivity index (χ3n) is 4.38. The Morgan fingerprint density at radius 3 is 2.81 bits per heavy atom. The molecule has 2 aliphatic heterocycles. The van der Waals surface area contributed by atoms with Gasteiger partial charge in [0.2, 0.25) is 5.91 Å². The first-order chi connectivity index (χ1) is 10.1. The minimum atomic E-state index is -0.658. The molecule has 1 aromatic carbocycles. The molecule has 0 radical (unpaired) electrons. The Balaban J connectivity index is 1.65. The van der Waals surface area contributed by atoms with Crippen LogP contribution in [0.1, 0.15) is 24.8 Å². The maximum atomic E-state index is 13.6. The van der Waals surface area contributed by atoms with Crippen molar-refractivity contribution in [2.24, 2.45) is 0 Å². The highest BCUT2D eigenvalue weighted by atomic mass is 19.1. The van der Waals surface area contributed by atoms with Crippen molar-refractivity contribution >= 4 is 11.7 Å². The van der Waals surface area contributed by atoms with E-state index in [4.69, 9.17) is 4.74 Å². The van der Waals surface area contributed by atoms with Gasteiger partial charge in [0, 0.05) is 19.6 Å². The number of nitrogens with zero attached hydrogens (tertiary/aromatic N) is 1. The second kappa shape index (κ2) is 5.56. The van der Waals surface area contributed by atoms with E-state index in [-0.39, 0.29) is 30.5 Å². The van der Waals surface area contributed by atoms with Gasteiger partial charge in [-0.15, -0.1) is 0 Å². The lowest BCUT2D eigenvalue weighted by Gasteiger charge is -2.37. The molecule has 4 nitrogen and oxygen atoms in total. The summed E-state index contributed by atoms with van der Waals surface area (Å²) >= 11 is 0. The van der Waals surface area contributed by atoms with Crippen molar-refractivity contribution in [1.82, 2.24) is 4.90 Å². The summed E-state index contributed by atoms with van der Waals surface area (Å²) in [5.74, 6) is -0.612. The minimum Gasteiger partial charge on any atom is -0.367 e. The zero-order chi connectivity index (χ0) is 14.9. The number of benzene rings is 1. The Labute approximate surface area is 122 Å². The van der Waals surface area contributed by atoms with Gasteiger partial charge >= 0.3 is 0 Å². The summed E-state index contributed by atoms with van der Waals surface area (Å²) in [4.78, 5) is 26.0. The fourth-order valence-electron chi connectivity index (χ4n) is 3.10. The number of halogens is 1. The van der Waals surface area contributed by atoms with Crippen molar-refractivity contribution in [3.8, 4) is 0 Å². The Morgan fingerprint density at radius 1 is 1.33 bits per heavy atom. The summed E-state index contributed by atoms with van der Waals surface area (Å²) in [5.41, 5.74) is -0.290. The van der Waals surface area contributed by atoms with E-state index in [1.54, 1.807) is 18.2 Å². The van der Waals surface area contributed by atoms with Crippen LogP contribution in [0.5, 0.6) is 0 Å². The van der Waals surface area contributed by atoms with Gasteiger partial charge in [-0.25, -0.2) is 4.39 Å². The van der Waals surface area contributed by atoms with Gasteiger partial charge < -0.3 is 9.64 Å². The Hall–Kier alpha value is -1.75. The second-order valence-corrected chi connectivity index (χ2v) is 5.70. The number of rotatable bonds is 2. The molecule has 2 fully saturated rings. The minimum absolute atomic E-state index is 0.00614. The second-order valence-electron chi connectivity index (χ2n) is 5.70. The van der Waals surface area contributed by atoms with Crippen LogP contribution in [-0.4, -0.2) is 41.9 Å². The molecule has 1 spiro atoms. The Kier molecular flexibility index (Phi) is 3.76. The lowest BCUT2D eigenvalue weighted by Crippen LogP contribution is -2.54. The smallest absolute Gasteiger partial charge is 0.227 e. The van der Waals surface area contributed by atoms with Crippen molar-refractivity contribution in [2.75, 3.05) is 19.7 Å². The van der Waals surface area contributed by atoms with Crippen molar-refractivity contribution in [2.45, 2.75) is 31.3 Å². The molecule has 1 atom stereocenters. The van der Waals surface area contributed by atoms with E-state index in [1.165, 1.54) is 11.0 Å². The van der Waals surface area contributed by atoms with E-state index < -0.39 is 5.60 Å². The summed E-state index contributed by atoms with van der Waals surface area (Å²) in [6.45, 7) is 1.20. The highest BCUT2D eigenvalue weighted by Gasteiger charge is 2.46. The molecule has 3 rings (SSSR count). The maximum absolute atomic E-state index is 13.6. The molecule has 1 amide bonds. The molecule has 21 heavy (non-hydrogen) atoms. The van der Waals surface area contributed by atoms with Crippen molar-refractivity contribution < 1.29 is 18.7 Å². The van der Waals surface area contributed by atoms with Gasteiger partial charge in [0.15, 0.2) is 5.78 Å². The molecule has 2 heterocycles. The normalized spacial score (nSPS) is 25.6. The standard InChI is InChI=1S/C16H18FNO3/c17-13-5-2-1-4-12(13)10-15(20)18-8-7-16(14(19)11-18)6-3-9-21-16/h1-2,4-5H,3,6-11H2/t16-/m1/s1. The van der Waals surface area contributed by atoms with Crippen LogP contribution in [0.15, 0.2) is 24.3 Å². The summed E-state index contributed by atoms with van der Waals surface area (Å²) in [7, 11) is 0. The molecule has 2 saturated heterocycles. The first kappa shape index (κ1) is 14.2. The fraction of sp³-hybridized carbons (Fsp3) is 0.500. The summed E-state index contributed by atoms with van der Waals surface area (Å²) in [6.07, 6.45) is 2.19. The number of likely N-dealkylation sites (tertiary alicyclic amines) is 1. The molecule has 0 aromatic heterocycles. The van der Waals surface area contributed by atoms with Gasteiger partial charge in [-0.3, -0.25) is 9.59 Å². The number of amides is 1. The van der Waals surface area contributed by atoms with Crippen molar-refractivity contribution in [3.05, 3.63) is 35.6 Å². The fourth-order valence-corrected chi connectivity index (χ4v) is 3.10. The van der Waals surface area contributed by atoms with Gasteiger partial charge in [-0.05, 0) is 24.5 Å². The Bertz CT molecular complexity index is 566. The predicted molar refractivity (Wildman–Crippen MR) is 74.2 cm³/mol. The molecular weight excluding hydrogens is 273 g/mol. The van der Waals surface area contributed by atoms with Crippen molar-refractivity contribution in [3.63, 3.8) is 0 Å². The number of carbonyl (C=O) groups is 2. The van der Waals surface area contributed by atoms with E-state index in [0.29, 0.717) is 25.1 Å². The molecule has 0 saturated carbocycles. The zero-order valence-electron chi connectivity index (χ0n) is 11.8. The van der Waals surface area contributed by atoms with Crippen LogP contribution >= 0.6 is 0 Å². The average Bonchev–Trinajstić information content (AvgIpc) is 2.94. The number of hydrogen-bond donors (Lipinski definition) is 0. The molecule has 0 aliphatic carbocycles. The predicted octanol–water partition coefficient (Wildman–Crippen LogP) is 1.72. The van der Waals surface area contributed by atoms with Gasteiger partial charge in [-0.2, -0.15) is 0 Å². The van der Waals surface area contributed by atoms with E-state index in [1.807, 2.05) is 0 Å². The number of piperidine rings is 1. The van der Waals surface area contributed by atoms with Gasteiger partial charge in [-0.1, -0.05) is 18.2 Å². The quantitative estimate of drug-likeness (QED) is 0.833. The number of hydrogen-bond acceptors (Lipinski definition) is 3. The summed E-state index contributed by atoms with van der Waals surface area (Å²) < 4.78 is 19.2. The summed E-state index contributed by atoms with van der Waals surface area (Å²) in [6, 6.07) is 6.23. The van der Waals surface area contributed by atoms with E-state index >= 15 is 0 Å². The molecule has 5 heteroatoms. The SMILES string of the molecule is O=C(Cc1ccccc1F)N1CC[C@]2(CCCO2)C(=O)C1. The van der Waals surface area contributed by atoms with E-state index in [0.717, 1.165) is 12.8 Å². The lowest BCUT2D eigenvalue weighted by molar-refractivity contribution is -0.152. The van der Waals surface area contributed by atoms with E-state index in [2.05, 4.69) is 0 Å². The number of ether oxygens (including phenoxy) is 1. The third-order valence-corrected chi connectivity index (χ3v) is 4.38. The summed E-state index contributed by atoms with van der Waals surface area (Å²) in [5, 5.41) is 0. The molecule has 112 valence electrons. The van der Waals surface area contributed by atoms with Crippen LogP contribution in [0, 0.1) is 5.82 Å². The van der Waals surface area contributed by atoms with Crippen LogP contribution < -0.4 is 0 Å². The third kappa shape index (κ3) is 2.70. The highest BCUT2D eigenvalue weighted by Crippen LogP contribution is 2.33. The average molecular weight is 291 g/mol. The van der Waals surface area contributed by atoms with Crippen molar-refractivity contribution in [1.29, 1.82) is 0 Å². The highest BCUT2D eigenvalue weighted by molar-refractivity contribution is 5.94. The number of carbonyl (C=O) groups excluding carboxylic acids is 2. The molecule has 0 unspecified atom stereocenters. The van der Waals surface area contributed by atoms with Gasteiger partial charge in [0.05, 0.1) is 13.0 Å². The van der Waals surface area contributed by atoms with E-state index in [9.17, 15) is 14.0 Å². The lowest BCUT2D eigenvalue weighted by atomic mass is 9.87. The number of Topliss-reactive ketones (excluding diaryl/α,β-unsaturated/α-hetero) is 1. The van der Waals surface area contributed by atoms with Crippen LogP contribution in [-0.2, 0) is 20.7 Å². The first-order valence-corrected chi connectivity index (χ1v) is 7.29. The number of ketones is 1. The molecule has 1 aromatic rings. The van der Waals surface area contributed by atoms with Crippen LogP contribution in [0.2, 0.25) is 0 Å². The van der Waals surface area contributed by atoms with Crippen LogP contribution in [0.25, 0.3) is 0 Å². The Morgan fingerprint density at radius 2 is 2.14 bits per heavy atom. The molecule has 0 bridgehead atoms. The van der Waals surface area contributed by atoms with Crippen LogP contribution in [0.3, 0.4) is 0 Å². The molecule has 2 aliphatic rings. The van der Waals surface area contributed by atoms with Gasteiger partial charge in [0.25, 0.3) is 0 Å². The first-order valence-electron chi connectivity index (χ1n) is 7.29. The molecular formula is C16H18FNO3.